The normalized spacial score (nSPS) is 18.0. The maximum absolute atomic E-state index is 13.5. The van der Waals surface area contributed by atoms with Gasteiger partial charge in [-0.15, -0.1) is 0 Å². The zero-order chi connectivity index (χ0) is 22.0. The predicted molar refractivity (Wildman–Crippen MR) is 113 cm³/mol. The third-order valence-corrected chi connectivity index (χ3v) is 5.43. The monoisotopic (exact) mass is 419 g/mol. The van der Waals surface area contributed by atoms with Gasteiger partial charge in [-0.25, -0.2) is 9.37 Å². The number of aliphatic hydroxyl groups is 1. The second kappa shape index (κ2) is 8.55. The number of Topliss-reactive ketones (excluding diaryl/α,β-unsaturated/α-hetero) is 1. The van der Waals surface area contributed by atoms with Crippen LogP contribution in [0, 0.1) is 12.7 Å². The lowest BCUT2D eigenvalue weighted by Gasteiger charge is -2.25. The van der Waals surface area contributed by atoms with Crippen LogP contribution in [0.5, 0.6) is 0 Å². The van der Waals surface area contributed by atoms with E-state index in [1.165, 1.54) is 29.2 Å². The van der Waals surface area contributed by atoms with Gasteiger partial charge in [0.25, 0.3) is 11.7 Å². The topological polar surface area (TPSA) is 75.4 Å². The molecule has 3 aromatic rings. The van der Waals surface area contributed by atoms with Crippen LogP contribution in [-0.4, -0.2) is 37.8 Å². The number of benzene rings is 2. The molecule has 1 aliphatic heterocycles. The van der Waals surface area contributed by atoms with E-state index in [2.05, 4.69) is 4.98 Å². The fourth-order valence-corrected chi connectivity index (χ4v) is 3.81. The molecular formula is C24H22FN3O3. The molecule has 1 saturated heterocycles. The number of aromatic nitrogens is 2. The van der Waals surface area contributed by atoms with Gasteiger partial charge >= 0.3 is 0 Å². The number of likely N-dealkylation sites (tertiary alicyclic amines) is 1. The minimum atomic E-state index is -0.787. The summed E-state index contributed by atoms with van der Waals surface area (Å²) in [5.41, 5.74) is 2.04. The number of halogens is 1. The highest BCUT2D eigenvalue weighted by Crippen LogP contribution is 2.39. The van der Waals surface area contributed by atoms with Crippen LogP contribution >= 0.6 is 0 Å². The van der Waals surface area contributed by atoms with E-state index >= 15 is 0 Å². The lowest BCUT2D eigenvalue weighted by Crippen LogP contribution is -2.31. The molecule has 7 heteroatoms. The van der Waals surface area contributed by atoms with Gasteiger partial charge in [0.15, 0.2) is 0 Å². The minimum Gasteiger partial charge on any atom is -0.507 e. The molecule has 6 nitrogen and oxygen atoms in total. The van der Waals surface area contributed by atoms with E-state index in [1.54, 1.807) is 24.7 Å². The molecule has 31 heavy (non-hydrogen) atoms. The number of nitrogens with zero attached hydrogens (tertiary/aromatic N) is 3. The van der Waals surface area contributed by atoms with Gasteiger partial charge in [0.2, 0.25) is 0 Å². The van der Waals surface area contributed by atoms with Crippen LogP contribution in [-0.2, 0) is 16.1 Å². The quantitative estimate of drug-likeness (QED) is 0.374. The Kier molecular flexibility index (Phi) is 5.66. The Labute approximate surface area is 179 Å². The molecule has 4 rings (SSSR count). The summed E-state index contributed by atoms with van der Waals surface area (Å²) in [6, 6.07) is 11.9. The Hall–Kier alpha value is -3.74. The molecule has 0 radical (unpaired) electrons. The molecule has 158 valence electrons. The zero-order valence-electron chi connectivity index (χ0n) is 17.0. The zero-order valence-corrected chi connectivity index (χ0v) is 17.0. The summed E-state index contributed by atoms with van der Waals surface area (Å²) in [4.78, 5) is 31.3. The average molecular weight is 419 g/mol. The summed E-state index contributed by atoms with van der Waals surface area (Å²) in [7, 11) is 0. The smallest absolute Gasteiger partial charge is 0.295 e. The SMILES string of the molecule is Cc1ccc(/C(O)=C2/C(=O)C(=O)N(CCCn3ccnc3)C2c2ccc(F)cc2)cc1. The number of aliphatic hydroxyl groups excluding tert-OH is 1. The molecule has 1 amide bonds. The van der Waals surface area contributed by atoms with Gasteiger partial charge in [0.05, 0.1) is 17.9 Å². The van der Waals surface area contributed by atoms with Crippen molar-refractivity contribution in [3.63, 3.8) is 0 Å². The van der Waals surface area contributed by atoms with Gasteiger partial charge in [-0.2, -0.15) is 0 Å². The molecule has 1 fully saturated rings. The molecule has 1 N–H and O–H groups in total. The van der Waals surface area contributed by atoms with Crippen molar-refractivity contribution in [2.75, 3.05) is 6.54 Å². The van der Waals surface area contributed by atoms with Crippen molar-refractivity contribution in [1.29, 1.82) is 0 Å². The van der Waals surface area contributed by atoms with Crippen molar-refractivity contribution in [3.05, 3.63) is 95.3 Å². The first-order valence-electron chi connectivity index (χ1n) is 10.0. The second-order valence-corrected chi connectivity index (χ2v) is 7.56. The number of hydrogen-bond acceptors (Lipinski definition) is 4. The van der Waals surface area contributed by atoms with Crippen molar-refractivity contribution in [1.82, 2.24) is 14.5 Å². The average Bonchev–Trinajstić information content (AvgIpc) is 3.37. The second-order valence-electron chi connectivity index (χ2n) is 7.56. The first-order valence-corrected chi connectivity index (χ1v) is 10.0. The Morgan fingerprint density at radius 2 is 1.77 bits per heavy atom. The number of imidazole rings is 1. The Balaban J connectivity index is 1.72. The first-order chi connectivity index (χ1) is 15.0. The minimum absolute atomic E-state index is 0.0168. The standard InChI is InChI=1S/C24H22FN3O3/c1-16-3-5-18(6-4-16)22(29)20-21(17-7-9-19(25)10-8-17)28(24(31)23(20)30)13-2-12-27-14-11-26-15-27/h3-11,14-15,21,29H,2,12-13H2,1H3/b22-20-. The van der Waals surface area contributed by atoms with Crippen molar-refractivity contribution in [2.24, 2.45) is 0 Å². The molecule has 0 aliphatic carbocycles. The third kappa shape index (κ3) is 4.12. The molecule has 0 bridgehead atoms. The van der Waals surface area contributed by atoms with Gasteiger partial charge in [-0.05, 0) is 31.0 Å². The van der Waals surface area contributed by atoms with Gasteiger partial charge < -0.3 is 14.6 Å². The van der Waals surface area contributed by atoms with Gasteiger partial charge in [-0.3, -0.25) is 9.59 Å². The molecule has 1 atom stereocenters. The molecule has 1 aromatic heterocycles. The highest BCUT2D eigenvalue weighted by atomic mass is 19.1. The summed E-state index contributed by atoms with van der Waals surface area (Å²) >= 11 is 0. The Morgan fingerprint density at radius 3 is 2.42 bits per heavy atom. The van der Waals surface area contributed by atoms with Crippen molar-refractivity contribution in [3.8, 4) is 0 Å². The Bertz CT molecular complexity index is 1120. The molecular weight excluding hydrogens is 397 g/mol. The van der Waals surface area contributed by atoms with E-state index in [4.69, 9.17) is 0 Å². The molecule has 2 heterocycles. The van der Waals surface area contributed by atoms with E-state index < -0.39 is 23.5 Å². The number of aryl methyl sites for hydroxylation is 2. The van der Waals surface area contributed by atoms with Crippen molar-refractivity contribution < 1.29 is 19.1 Å². The highest BCUT2D eigenvalue weighted by molar-refractivity contribution is 6.46. The molecule has 0 spiro atoms. The number of amides is 1. The highest BCUT2D eigenvalue weighted by Gasteiger charge is 2.45. The maximum Gasteiger partial charge on any atom is 0.295 e. The largest absolute Gasteiger partial charge is 0.507 e. The fourth-order valence-electron chi connectivity index (χ4n) is 3.81. The van der Waals surface area contributed by atoms with Crippen LogP contribution in [0.1, 0.15) is 29.2 Å². The number of carbonyl (C=O) groups is 2. The molecule has 1 aliphatic rings. The number of hydrogen-bond donors (Lipinski definition) is 1. The first kappa shape index (κ1) is 20.5. The van der Waals surface area contributed by atoms with Gasteiger partial charge in [0.1, 0.15) is 11.6 Å². The van der Waals surface area contributed by atoms with Gasteiger partial charge in [0, 0.05) is 31.0 Å². The van der Waals surface area contributed by atoms with Gasteiger partial charge in [-0.1, -0.05) is 42.0 Å². The third-order valence-electron chi connectivity index (χ3n) is 5.43. The fraction of sp³-hybridized carbons (Fsp3) is 0.208. The summed E-state index contributed by atoms with van der Waals surface area (Å²) in [5.74, 6) is -2.06. The van der Waals surface area contributed by atoms with E-state index in [1.807, 2.05) is 29.8 Å². The van der Waals surface area contributed by atoms with Crippen molar-refractivity contribution >= 4 is 17.4 Å². The molecule has 1 unspecified atom stereocenters. The van der Waals surface area contributed by atoms with Crippen LogP contribution < -0.4 is 0 Å². The van der Waals surface area contributed by atoms with Crippen LogP contribution in [0.3, 0.4) is 0 Å². The predicted octanol–water partition coefficient (Wildman–Crippen LogP) is 3.84. The van der Waals surface area contributed by atoms with Crippen molar-refractivity contribution in [2.45, 2.75) is 25.9 Å². The summed E-state index contributed by atoms with van der Waals surface area (Å²) in [6.07, 6.45) is 5.77. The van der Waals surface area contributed by atoms with E-state index in [9.17, 15) is 19.1 Å². The summed E-state index contributed by atoms with van der Waals surface area (Å²) in [6.45, 7) is 2.84. The van der Waals surface area contributed by atoms with E-state index in [0.717, 1.165) is 5.56 Å². The van der Waals surface area contributed by atoms with Crippen LogP contribution in [0.2, 0.25) is 0 Å². The number of rotatable bonds is 6. The van der Waals surface area contributed by atoms with E-state index in [0.29, 0.717) is 30.6 Å². The number of ketones is 1. The Morgan fingerprint density at radius 1 is 1.06 bits per heavy atom. The summed E-state index contributed by atoms with van der Waals surface area (Å²) in [5, 5.41) is 11.0. The summed E-state index contributed by atoms with van der Waals surface area (Å²) < 4.78 is 15.4. The van der Waals surface area contributed by atoms with E-state index in [-0.39, 0.29) is 11.3 Å². The molecule has 0 saturated carbocycles. The number of carbonyl (C=O) groups excluding carboxylic acids is 2. The molecule has 2 aromatic carbocycles. The lowest BCUT2D eigenvalue weighted by atomic mass is 9.95. The lowest BCUT2D eigenvalue weighted by molar-refractivity contribution is -0.139. The van der Waals surface area contributed by atoms with Crippen LogP contribution in [0.4, 0.5) is 4.39 Å². The maximum atomic E-state index is 13.5. The van der Waals surface area contributed by atoms with Crippen LogP contribution in [0.25, 0.3) is 5.76 Å². The van der Waals surface area contributed by atoms with Crippen LogP contribution in [0.15, 0.2) is 72.8 Å².